The lowest BCUT2D eigenvalue weighted by Crippen LogP contribution is -1.84. The van der Waals surface area contributed by atoms with Crippen LogP contribution in [-0.4, -0.2) is 9.97 Å². The Morgan fingerprint density at radius 2 is 2.07 bits per heavy atom. The minimum Gasteiger partial charge on any atom is -0.346 e. The molecule has 2 heteroatoms. The lowest BCUT2D eigenvalue weighted by Gasteiger charge is -1.97. The molecule has 0 bridgehead atoms. The number of aromatic amines is 1. The minimum atomic E-state index is 0. The highest BCUT2D eigenvalue weighted by Gasteiger charge is 2.02. The third-order valence-electron chi connectivity index (χ3n) is 2.46. The average Bonchev–Trinajstić information content (AvgIpc) is 2.59. The fourth-order valence-electron chi connectivity index (χ4n) is 1.59. The molecule has 0 unspecified atom stereocenters. The maximum Gasteiger partial charge on any atom is 0.137 e. The molecule has 0 saturated carbocycles. The molecule has 76 valence electrons. The van der Waals surface area contributed by atoms with Gasteiger partial charge >= 0.3 is 0 Å². The second kappa shape index (κ2) is 4.27. The molecule has 0 saturated heterocycles. The number of aromatic nitrogens is 2. The van der Waals surface area contributed by atoms with Crippen LogP contribution in [0.1, 0.15) is 32.4 Å². The van der Waals surface area contributed by atoms with Crippen molar-refractivity contribution in [1.29, 1.82) is 0 Å². The van der Waals surface area contributed by atoms with Crippen LogP contribution in [0.3, 0.4) is 0 Å². The van der Waals surface area contributed by atoms with Crippen LogP contribution in [0.15, 0.2) is 18.5 Å². The van der Waals surface area contributed by atoms with Gasteiger partial charge in [0, 0.05) is 17.8 Å². The van der Waals surface area contributed by atoms with Gasteiger partial charge in [0.2, 0.25) is 0 Å². The molecule has 0 radical (unpaired) electrons. The fourth-order valence-corrected chi connectivity index (χ4v) is 1.59. The first-order chi connectivity index (χ1) is 6.35. The second-order valence-electron chi connectivity index (χ2n) is 3.26. The standard InChI is InChI=1S/C11H14N2.CH4/c1-3-8-5-10-9(4-2)7-13-11(10)12-6-8;/h5-7H,3-4H2,1-2H3,(H,12,13);1H4. The normalized spacial score (nSPS) is 10.1. The van der Waals surface area contributed by atoms with E-state index in [0.717, 1.165) is 18.5 Å². The van der Waals surface area contributed by atoms with Crippen LogP contribution in [0.5, 0.6) is 0 Å². The van der Waals surface area contributed by atoms with Crippen molar-refractivity contribution in [2.24, 2.45) is 0 Å². The van der Waals surface area contributed by atoms with Gasteiger partial charge < -0.3 is 4.98 Å². The summed E-state index contributed by atoms with van der Waals surface area (Å²) in [6.07, 6.45) is 6.11. The lowest BCUT2D eigenvalue weighted by molar-refractivity contribution is 1.11. The first-order valence-electron chi connectivity index (χ1n) is 4.80. The maximum atomic E-state index is 4.37. The van der Waals surface area contributed by atoms with Crippen molar-refractivity contribution >= 4 is 11.0 Å². The van der Waals surface area contributed by atoms with Crippen LogP contribution in [0.25, 0.3) is 11.0 Å². The Hall–Kier alpha value is -1.31. The van der Waals surface area contributed by atoms with Crippen molar-refractivity contribution in [3.63, 3.8) is 0 Å². The van der Waals surface area contributed by atoms with Gasteiger partial charge in [-0.2, -0.15) is 0 Å². The molecule has 0 aromatic carbocycles. The summed E-state index contributed by atoms with van der Waals surface area (Å²) in [5.41, 5.74) is 3.67. The Morgan fingerprint density at radius 1 is 1.29 bits per heavy atom. The van der Waals surface area contributed by atoms with E-state index >= 15 is 0 Å². The fraction of sp³-hybridized carbons (Fsp3) is 0.417. The third-order valence-corrected chi connectivity index (χ3v) is 2.46. The topological polar surface area (TPSA) is 28.7 Å². The van der Waals surface area contributed by atoms with Crippen molar-refractivity contribution in [1.82, 2.24) is 9.97 Å². The molecule has 2 aromatic heterocycles. The van der Waals surface area contributed by atoms with Gasteiger partial charge in [-0.1, -0.05) is 21.3 Å². The quantitative estimate of drug-likeness (QED) is 0.773. The van der Waals surface area contributed by atoms with Gasteiger partial charge in [-0.3, -0.25) is 0 Å². The largest absolute Gasteiger partial charge is 0.346 e. The molecule has 1 N–H and O–H groups in total. The van der Waals surface area contributed by atoms with Crippen LogP contribution in [0.4, 0.5) is 0 Å². The Balaban J connectivity index is 0.000000980. The van der Waals surface area contributed by atoms with E-state index < -0.39 is 0 Å². The van der Waals surface area contributed by atoms with Crippen molar-refractivity contribution in [3.05, 3.63) is 29.6 Å². The molecule has 2 rings (SSSR count). The highest BCUT2D eigenvalue weighted by molar-refractivity contribution is 5.80. The number of H-pyrrole nitrogens is 1. The second-order valence-corrected chi connectivity index (χ2v) is 3.26. The Bertz CT molecular complexity index is 415. The van der Waals surface area contributed by atoms with E-state index in [1.165, 1.54) is 16.5 Å². The van der Waals surface area contributed by atoms with E-state index in [-0.39, 0.29) is 7.43 Å². The summed E-state index contributed by atoms with van der Waals surface area (Å²) in [6, 6.07) is 2.23. The number of aryl methyl sites for hydroxylation is 2. The van der Waals surface area contributed by atoms with E-state index in [4.69, 9.17) is 0 Å². The number of rotatable bonds is 2. The number of pyridine rings is 1. The molecule has 0 atom stereocenters. The van der Waals surface area contributed by atoms with Crippen LogP contribution in [-0.2, 0) is 12.8 Å². The zero-order chi connectivity index (χ0) is 9.26. The van der Waals surface area contributed by atoms with E-state index in [0.29, 0.717) is 0 Å². The zero-order valence-corrected chi connectivity index (χ0v) is 8.09. The summed E-state index contributed by atoms with van der Waals surface area (Å²) in [6.45, 7) is 4.32. The molecule has 0 fully saturated rings. The molecule has 2 heterocycles. The van der Waals surface area contributed by atoms with Crippen LogP contribution >= 0.6 is 0 Å². The first-order valence-corrected chi connectivity index (χ1v) is 4.80. The van der Waals surface area contributed by atoms with E-state index in [1.807, 2.05) is 6.20 Å². The van der Waals surface area contributed by atoms with E-state index in [2.05, 4.69) is 36.1 Å². The van der Waals surface area contributed by atoms with Gasteiger partial charge in [-0.05, 0) is 30.0 Å². The molecule has 14 heavy (non-hydrogen) atoms. The van der Waals surface area contributed by atoms with Gasteiger partial charge in [0.05, 0.1) is 0 Å². The van der Waals surface area contributed by atoms with Gasteiger partial charge in [0.25, 0.3) is 0 Å². The SMILES string of the molecule is C.CCc1cnc2[nH]cc(CC)c2c1. The number of hydrogen-bond acceptors (Lipinski definition) is 1. The molecular formula is C12H18N2. The molecule has 0 aliphatic rings. The summed E-state index contributed by atoms with van der Waals surface area (Å²) in [7, 11) is 0. The Labute approximate surface area is 85.4 Å². The summed E-state index contributed by atoms with van der Waals surface area (Å²) in [5, 5.41) is 1.28. The van der Waals surface area contributed by atoms with Gasteiger partial charge in [0.15, 0.2) is 0 Å². The molecule has 0 amide bonds. The summed E-state index contributed by atoms with van der Waals surface area (Å²) >= 11 is 0. The predicted molar refractivity (Wildman–Crippen MR) is 61.6 cm³/mol. The molecular weight excluding hydrogens is 172 g/mol. The predicted octanol–water partition coefficient (Wildman–Crippen LogP) is 3.32. The van der Waals surface area contributed by atoms with Crippen molar-refractivity contribution < 1.29 is 0 Å². The van der Waals surface area contributed by atoms with E-state index in [1.54, 1.807) is 0 Å². The van der Waals surface area contributed by atoms with E-state index in [9.17, 15) is 0 Å². The Kier molecular flexibility index (Phi) is 3.28. The highest BCUT2D eigenvalue weighted by atomic mass is 14.8. The number of nitrogens with one attached hydrogen (secondary N) is 1. The summed E-state index contributed by atoms with van der Waals surface area (Å²) < 4.78 is 0. The zero-order valence-electron chi connectivity index (χ0n) is 8.09. The van der Waals surface area contributed by atoms with Gasteiger partial charge in [0.1, 0.15) is 5.65 Å². The number of hydrogen-bond donors (Lipinski definition) is 1. The third kappa shape index (κ3) is 1.65. The van der Waals surface area contributed by atoms with Gasteiger partial charge in [-0.25, -0.2) is 4.98 Å². The van der Waals surface area contributed by atoms with Gasteiger partial charge in [-0.15, -0.1) is 0 Å². The molecule has 0 aliphatic heterocycles. The molecule has 0 spiro atoms. The maximum absolute atomic E-state index is 4.37. The van der Waals surface area contributed by atoms with Crippen molar-refractivity contribution in [3.8, 4) is 0 Å². The molecule has 2 nitrogen and oxygen atoms in total. The van der Waals surface area contributed by atoms with Crippen LogP contribution in [0.2, 0.25) is 0 Å². The molecule has 0 aliphatic carbocycles. The monoisotopic (exact) mass is 190 g/mol. The lowest BCUT2D eigenvalue weighted by atomic mass is 10.1. The summed E-state index contributed by atoms with van der Waals surface area (Å²) in [4.78, 5) is 7.54. The first kappa shape index (κ1) is 10.8. The van der Waals surface area contributed by atoms with Crippen LogP contribution in [0, 0.1) is 0 Å². The Morgan fingerprint density at radius 3 is 2.71 bits per heavy atom. The minimum absolute atomic E-state index is 0. The summed E-state index contributed by atoms with van der Waals surface area (Å²) in [5.74, 6) is 0. The van der Waals surface area contributed by atoms with Crippen molar-refractivity contribution in [2.45, 2.75) is 34.1 Å². The molecule has 2 aromatic rings. The highest BCUT2D eigenvalue weighted by Crippen LogP contribution is 2.18. The smallest absolute Gasteiger partial charge is 0.137 e. The number of fused-ring (bicyclic) bond motifs is 1. The van der Waals surface area contributed by atoms with Crippen molar-refractivity contribution in [2.75, 3.05) is 0 Å². The average molecular weight is 190 g/mol. The number of nitrogens with zero attached hydrogens (tertiary/aromatic N) is 1. The van der Waals surface area contributed by atoms with Crippen LogP contribution < -0.4 is 0 Å².